The molecule has 3 unspecified atom stereocenters. The maximum Gasteiger partial charge on any atom is 0.206 e. The van der Waals surface area contributed by atoms with Crippen LogP contribution >= 0.6 is 27.3 Å². The Hall–Kier alpha value is -0.160. The van der Waals surface area contributed by atoms with Gasteiger partial charge in [-0.3, -0.25) is 0 Å². The molecule has 1 aromatic rings. The molecular formula is C12H18BrN3S. The summed E-state index contributed by atoms with van der Waals surface area (Å²) in [5.41, 5.74) is 0.803. The number of hydrogen-bond donors (Lipinski definition) is 1. The van der Waals surface area contributed by atoms with Gasteiger partial charge in [-0.2, -0.15) is 0 Å². The molecule has 0 radical (unpaired) electrons. The average molecular weight is 316 g/mol. The molecule has 3 nitrogen and oxygen atoms in total. The van der Waals surface area contributed by atoms with E-state index in [2.05, 4.69) is 52.2 Å². The van der Waals surface area contributed by atoms with Gasteiger partial charge in [0.05, 0.1) is 0 Å². The molecule has 0 amide bonds. The second kappa shape index (κ2) is 3.67. The van der Waals surface area contributed by atoms with E-state index in [-0.39, 0.29) is 0 Å². The van der Waals surface area contributed by atoms with E-state index in [4.69, 9.17) is 0 Å². The van der Waals surface area contributed by atoms with Gasteiger partial charge in [0.2, 0.25) is 5.13 Å². The maximum absolute atomic E-state index is 4.17. The van der Waals surface area contributed by atoms with Gasteiger partial charge in [-0.1, -0.05) is 32.1 Å². The molecular weight excluding hydrogens is 298 g/mol. The van der Waals surface area contributed by atoms with Crippen molar-refractivity contribution in [2.24, 2.45) is 16.7 Å². The number of nitrogens with one attached hydrogen (secondary N) is 1. The van der Waals surface area contributed by atoms with Gasteiger partial charge in [0.15, 0.2) is 3.92 Å². The second-order valence-corrected chi connectivity index (χ2v) is 8.61. The van der Waals surface area contributed by atoms with E-state index in [0.29, 0.717) is 16.9 Å². The lowest BCUT2D eigenvalue weighted by atomic mass is 9.68. The fraction of sp³-hybridized carbons (Fsp3) is 0.833. The first-order chi connectivity index (χ1) is 7.92. The largest absolute Gasteiger partial charge is 0.356 e. The molecule has 0 spiro atoms. The quantitative estimate of drug-likeness (QED) is 0.898. The Kier molecular flexibility index (Phi) is 2.57. The number of aromatic nitrogens is 2. The molecule has 0 aromatic carbocycles. The summed E-state index contributed by atoms with van der Waals surface area (Å²) in [4.78, 5) is 0. The summed E-state index contributed by atoms with van der Waals surface area (Å²) >= 11 is 4.95. The lowest BCUT2D eigenvalue weighted by Crippen LogP contribution is -2.45. The molecule has 17 heavy (non-hydrogen) atoms. The second-order valence-electron chi connectivity index (χ2n) is 6.35. The molecule has 1 N–H and O–H groups in total. The van der Waals surface area contributed by atoms with Crippen molar-refractivity contribution in [2.45, 2.75) is 46.1 Å². The van der Waals surface area contributed by atoms with Gasteiger partial charge >= 0.3 is 0 Å². The molecule has 0 saturated heterocycles. The van der Waals surface area contributed by atoms with Crippen molar-refractivity contribution < 1.29 is 0 Å². The minimum Gasteiger partial charge on any atom is -0.356 e. The molecule has 1 aromatic heterocycles. The number of hydrogen-bond acceptors (Lipinski definition) is 4. The monoisotopic (exact) mass is 315 g/mol. The van der Waals surface area contributed by atoms with Crippen molar-refractivity contribution in [1.82, 2.24) is 10.2 Å². The van der Waals surface area contributed by atoms with E-state index < -0.39 is 0 Å². The van der Waals surface area contributed by atoms with E-state index in [1.54, 1.807) is 11.3 Å². The van der Waals surface area contributed by atoms with Crippen molar-refractivity contribution in [3.8, 4) is 0 Å². The van der Waals surface area contributed by atoms with E-state index in [0.717, 1.165) is 15.0 Å². The lowest BCUT2D eigenvalue weighted by Gasteiger charge is -2.42. The summed E-state index contributed by atoms with van der Waals surface area (Å²) in [5, 5.41) is 12.8. The fourth-order valence-electron chi connectivity index (χ4n) is 4.05. The van der Waals surface area contributed by atoms with Crippen LogP contribution in [0.5, 0.6) is 0 Å². The summed E-state index contributed by atoms with van der Waals surface area (Å²) in [6, 6.07) is 0.522. The predicted molar refractivity (Wildman–Crippen MR) is 74.2 cm³/mol. The Bertz CT molecular complexity index is 440. The molecule has 2 aliphatic carbocycles. The van der Waals surface area contributed by atoms with Gasteiger partial charge in [-0.25, -0.2) is 0 Å². The first-order valence-corrected chi connectivity index (χ1v) is 7.78. The van der Waals surface area contributed by atoms with Crippen LogP contribution in [0.3, 0.4) is 0 Å². The van der Waals surface area contributed by atoms with Crippen molar-refractivity contribution >= 4 is 32.4 Å². The summed E-state index contributed by atoms with van der Waals surface area (Å²) in [5.74, 6) is 0.862. The Labute approximate surface area is 115 Å². The van der Waals surface area contributed by atoms with Gasteiger partial charge < -0.3 is 5.32 Å². The lowest BCUT2D eigenvalue weighted by molar-refractivity contribution is 0.155. The summed E-state index contributed by atoms with van der Waals surface area (Å²) in [6.07, 6.45) is 4.10. The smallest absolute Gasteiger partial charge is 0.206 e. The average Bonchev–Trinajstić information content (AvgIpc) is 2.85. The van der Waals surface area contributed by atoms with Crippen LogP contribution in [0.1, 0.15) is 40.0 Å². The van der Waals surface area contributed by atoms with Crippen molar-refractivity contribution in [3.05, 3.63) is 3.92 Å². The highest BCUT2D eigenvalue weighted by Crippen LogP contribution is 2.63. The third kappa shape index (κ3) is 1.73. The molecule has 2 fully saturated rings. The Morgan fingerprint density at radius 1 is 1.35 bits per heavy atom. The maximum atomic E-state index is 4.17. The molecule has 3 atom stereocenters. The first-order valence-electron chi connectivity index (χ1n) is 6.17. The third-order valence-electron chi connectivity index (χ3n) is 4.94. The van der Waals surface area contributed by atoms with Crippen molar-refractivity contribution in [3.63, 3.8) is 0 Å². The zero-order valence-corrected chi connectivity index (χ0v) is 12.9. The third-order valence-corrected chi connectivity index (χ3v) is 6.23. The van der Waals surface area contributed by atoms with Crippen LogP contribution in [-0.4, -0.2) is 16.2 Å². The van der Waals surface area contributed by atoms with Crippen LogP contribution in [0.15, 0.2) is 3.92 Å². The van der Waals surface area contributed by atoms with Gasteiger partial charge in [0.25, 0.3) is 0 Å². The number of rotatable bonds is 2. The topological polar surface area (TPSA) is 37.8 Å². The summed E-state index contributed by atoms with van der Waals surface area (Å²) < 4.78 is 0.853. The number of fused-ring (bicyclic) bond motifs is 2. The van der Waals surface area contributed by atoms with E-state index >= 15 is 0 Å². The molecule has 94 valence electrons. The summed E-state index contributed by atoms with van der Waals surface area (Å²) in [6.45, 7) is 7.22. The minimum absolute atomic E-state index is 0.366. The predicted octanol–water partition coefficient (Wildman–Crippen LogP) is 3.93. The van der Waals surface area contributed by atoms with Crippen LogP contribution < -0.4 is 5.32 Å². The van der Waals surface area contributed by atoms with Gasteiger partial charge in [0, 0.05) is 6.04 Å². The van der Waals surface area contributed by atoms with E-state index in [9.17, 15) is 0 Å². The van der Waals surface area contributed by atoms with Crippen LogP contribution in [-0.2, 0) is 0 Å². The SMILES string of the molecule is CC12CCC(C1)C(C)(C)C2Nc1nnc(Br)s1. The number of halogens is 1. The zero-order chi connectivity index (χ0) is 12.3. The van der Waals surface area contributed by atoms with Crippen LogP contribution in [0.25, 0.3) is 0 Å². The Morgan fingerprint density at radius 3 is 2.65 bits per heavy atom. The van der Waals surface area contributed by atoms with Gasteiger partial charge in [0.1, 0.15) is 0 Å². The molecule has 2 bridgehead atoms. The Balaban J connectivity index is 1.87. The van der Waals surface area contributed by atoms with Gasteiger partial charge in [-0.15, -0.1) is 10.2 Å². The highest BCUT2D eigenvalue weighted by atomic mass is 79.9. The first kappa shape index (κ1) is 11.9. The van der Waals surface area contributed by atoms with Crippen LogP contribution in [0, 0.1) is 16.7 Å². The highest BCUT2D eigenvalue weighted by Gasteiger charge is 2.59. The molecule has 5 heteroatoms. The van der Waals surface area contributed by atoms with Crippen molar-refractivity contribution in [2.75, 3.05) is 5.32 Å². The highest BCUT2D eigenvalue weighted by molar-refractivity contribution is 9.11. The number of nitrogens with zero attached hydrogens (tertiary/aromatic N) is 2. The van der Waals surface area contributed by atoms with Gasteiger partial charge in [-0.05, 0) is 51.9 Å². The van der Waals surface area contributed by atoms with Crippen LogP contribution in [0.4, 0.5) is 5.13 Å². The van der Waals surface area contributed by atoms with E-state index in [1.165, 1.54) is 19.3 Å². The molecule has 2 saturated carbocycles. The standard InChI is InChI=1S/C12H18BrN3S/c1-11(2)7-4-5-12(3,6-7)8(11)14-10-16-15-9(13)17-10/h7-8H,4-6H2,1-3H3,(H,14,16). The Morgan fingerprint density at radius 2 is 2.12 bits per heavy atom. The molecule has 0 aliphatic heterocycles. The molecule has 3 rings (SSSR count). The molecule has 1 heterocycles. The minimum atomic E-state index is 0.366. The normalized spacial score (nSPS) is 38.6. The van der Waals surface area contributed by atoms with E-state index in [1.807, 2.05) is 0 Å². The fourth-order valence-corrected chi connectivity index (χ4v) is 5.09. The zero-order valence-electron chi connectivity index (χ0n) is 10.5. The summed E-state index contributed by atoms with van der Waals surface area (Å²) in [7, 11) is 0. The number of anilines is 1. The molecule has 2 aliphatic rings. The van der Waals surface area contributed by atoms with Crippen molar-refractivity contribution in [1.29, 1.82) is 0 Å². The van der Waals surface area contributed by atoms with Crippen LogP contribution in [0.2, 0.25) is 0 Å².